The van der Waals surface area contributed by atoms with Crippen molar-refractivity contribution in [2.75, 3.05) is 0 Å². The van der Waals surface area contributed by atoms with Crippen LogP contribution in [0.3, 0.4) is 0 Å². The van der Waals surface area contributed by atoms with Crippen molar-refractivity contribution in [3.8, 4) is 11.5 Å². The zero-order valence-corrected chi connectivity index (χ0v) is 12.7. The van der Waals surface area contributed by atoms with E-state index >= 15 is 0 Å². The lowest BCUT2D eigenvalue weighted by atomic mass is 9.55. The minimum atomic E-state index is 0.0403. The fourth-order valence-corrected chi connectivity index (χ4v) is 5.55. The van der Waals surface area contributed by atoms with Gasteiger partial charge in [-0.05, 0) is 73.3 Å². The molecule has 112 valence electrons. The van der Waals surface area contributed by atoms with E-state index in [2.05, 4.69) is 13.5 Å². The minimum absolute atomic E-state index is 0.0403. The zero-order valence-electron chi connectivity index (χ0n) is 12.7. The van der Waals surface area contributed by atoms with Crippen molar-refractivity contribution < 1.29 is 10.2 Å². The summed E-state index contributed by atoms with van der Waals surface area (Å²) in [4.78, 5) is 0. The molecule has 0 radical (unpaired) electrons. The van der Waals surface area contributed by atoms with Gasteiger partial charge in [-0.3, -0.25) is 0 Å². The molecule has 21 heavy (non-hydrogen) atoms. The average molecular weight is 284 g/mol. The number of benzene rings is 1. The monoisotopic (exact) mass is 284 g/mol. The third-order valence-corrected chi connectivity index (χ3v) is 6.80. The SMILES string of the molecule is C=C1CC[C@H]2[C@@H]3CCc4ccc(O)c(O)c4[C@H]3CC[C@]12C. The molecule has 4 atom stereocenters. The maximum absolute atomic E-state index is 10.4. The van der Waals surface area contributed by atoms with E-state index in [1.54, 1.807) is 6.07 Å². The van der Waals surface area contributed by atoms with E-state index in [-0.39, 0.29) is 11.5 Å². The van der Waals surface area contributed by atoms with Gasteiger partial charge < -0.3 is 10.2 Å². The molecule has 0 spiro atoms. The van der Waals surface area contributed by atoms with Gasteiger partial charge in [-0.25, -0.2) is 0 Å². The maximum Gasteiger partial charge on any atom is 0.161 e. The summed E-state index contributed by atoms with van der Waals surface area (Å²) < 4.78 is 0. The van der Waals surface area contributed by atoms with Crippen LogP contribution >= 0.6 is 0 Å². The molecule has 0 unspecified atom stereocenters. The van der Waals surface area contributed by atoms with Crippen LogP contribution in [0.5, 0.6) is 11.5 Å². The molecule has 0 aliphatic heterocycles. The zero-order chi connectivity index (χ0) is 14.8. The molecule has 2 N–H and O–H groups in total. The second kappa shape index (κ2) is 4.28. The van der Waals surface area contributed by atoms with Gasteiger partial charge in [-0.2, -0.15) is 0 Å². The highest BCUT2D eigenvalue weighted by atomic mass is 16.3. The van der Waals surface area contributed by atoms with Crippen LogP contribution in [0.15, 0.2) is 24.3 Å². The fourth-order valence-electron chi connectivity index (χ4n) is 5.55. The third-order valence-electron chi connectivity index (χ3n) is 6.80. The van der Waals surface area contributed by atoms with Crippen LogP contribution in [-0.2, 0) is 6.42 Å². The van der Waals surface area contributed by atoms with Crippen molar-refractivity contribution in [3.05, 3.63) is 35.4 Å². The first-order chi connectivity index (χ1) is 10.0. The molecular formula is C19H24O2. The van der Waals surface area contributed by atoms with E-state index < -0.39 is 0 Å². The molecule has 2 heteroatoms. The minimum Gasteiger partial charge on any atom is -0.504 e. The predicted molar refractivity (Wildman–Crippen MR) is 83.5 cm³/mol. The third kappa shape index (κ3) is 1.65. The molecule has 2 nitrogen and oxygen atoms in total. The Morgan fingerprint density at radius 2 is 1.95 bits per heavy atom. The molecule has 0 saturated heterocycles. The Balaban J connectivity index is 1.78. The number of phenols is 2. The van der Waals surface area contributed by atoms with Crippen LogP contribution in [0.2, 0.25) is 0 Å². The molecule has 3 aliphatic carbocycles. The molecule has 2 saturated carbocycles. The van der Waals surface area contributed by atoms with Crippen LogP contribution < -0.4 is 0 Å². The second-order valence-electron chi connectivity index (χ2n) is 7.52. The summed E-state index contributed by atoms with van der Waals surface area (Å²) in [6, 6.07) is 3.64. The first-order valence-electron chi connectivity index (χ1n) is 8.24. The Labute approximate surface area is 126 Å². The van der Waals surface area contributed by atoms with Crippen LogP contribution in [0.1, 0.15) is 56.1 Å². The average Bonchev–Trinajstić information content (AvgIpc) is 2.78. The Kier molecular flexibility index (Phi) is 2.70. The van der Waals surface area contributed by atoms with Gasteiger partial charge in [-0.15, -0.1) is 0 Å². The van der Waals surface area contributed by atoms with Gasteiger partial charge in [0.2, 0.25) is 0 Å². The summed E-state index contributed by atoms with van der Waals surface area (Å²) >= 11 is 0. The lowest BCUT2D eigenvalue weighted by Crippen LogP contribution is -2.40. The van der Waals surface area contributed by atoms with Crippen LogP contribution in [-0.4, -0.2) is 10.2 Å². The van der Waals surface area contributed by atoms with Crippen LogP contribution in [0.25, 0.3) is 0 Å². The first-order valence-corrected chi connectivity index (χ1v) is 8.24. The quantitative estimate of drug-likeness (QED) is 0.543. The summed E-state index contributed by atoms with van der Waals surface area (Å²) in [5, 5.41) is 20.3. The number of fused-ring (bicyclic) bond motifs is 5. The molecule has 3 aliphatic rings. The number of hydrogen-bond donors (Lipinski definition) is 2. The van der Waals surface area contributed by atoms with E-state index in [0.717, 1.165) is 18.4 Å². The Morgan fingerprint density at radius 1 is 1.14 bits per heavy atom. The van der Waals surface area contributed by atoms with Crippen molar-refractivity contribution in [1.29, 1.82) is 0 Å². The second-order valence-corrected chi connectivity index (χ2v) is 7.52. The topological polar surface area (TPSA) is 40.5 Å². The molecule has 0 amide bonds. The first kappa shape index (κ1) is 13.2. The van der Waals surface area contributed by atoms with E-state index in [0.29, 0.717) is 23.2 Å². The normalized spacial score (nSPS) is 37.8. The summed E-state index contributed by atoms with van der Waals surface area (Å²) in [5.41, 5.74) is 4.04. The Hall–Kier alpha value is -1.44. The van der Waals surface area contributed by atoms with Gasteiger partial charge in [-0.1, -0.05) is 25.1 Å². The number of phenolic OH excluding ortho intramolecular Hbond substituents is 2. The molecule has 1 aromatic carbocycles. The van der Waals surface area contributed by atoms with Gasteiger partial charge >= 0.3 is 0 Å². The molecule has 2 fully saturated rings. The van der Waals surface area contributed by atoms with Crippen LogP contribution in [0.4, 0.5) is 0 Å². The number of hydrogen-bond acceptors (Lipinski definition) is 2. The molecule has 0 heterocycles. The Bertz CT molecular complexity index is 618. The molecule has 1 aromatic rings. The predicted octanol–water partition coefficient (Wildman–Crippen LogP) is 4.51. The van der Waals surface area contributed by atoms with Crippen molar-refractivity contribution in [3.63, 3.8) is 0 Å². The number of aromatic hydroxyl groups is 2. The fraction of sp³-hybridized carbons (Fsp3) is 0.579. The van der Waals surface area contributed by atoms with Gasteiger partial charge in [0.1, 0.15) is 0 Å². The maximum atomic E-state index is 10.4. The van der Waals surface area contributed by atoms with E-state index in [1.165, 1.54) is 36.8 Å². The number of aryl methyl sites for hydroxylation is 1. The van der Waals surface area contributed by atoms with E-state index in [9.17, 15) is 10.2 Å². The van der Waals surface area contributed by atoms with Crippen molar-refractivity contribution >= 4 is 0 Å². The van der Waals surface area contributed by atoms with Gasteiger partial charge in [0.15, 0.2) is 11.5 Å². The number of allylic oxidation sites excluding steroid dienone is 1. The molecule has 0 aromatic heterocycles. The summed E-state index contributed by atoms with van der Waals surface area (Å²) in [7, 11) is 0. The van der Waals surface area contributed by atoms with E-state index in [1.807, 2.05) is 6.07 Å². The standard InChI is InChI=1S/C19H24O2/c1-11-3-7-15-13-6-4-12-5-8-16(20)18(21)17(12)14(13)9-10-19(11,15)2/h5,8,13-15,20-21H,1,3-4,6-7,9-10H2,2H3/t13-,14+,15+,19-/m1/s1. The smallest absolute Gasteiger partial charge is 0.161 e. The van der Waals surface area contributed by atoms with Crippen molar-refractivity contribution in [2.24, 2.45) is 17.3 Å². The van der Waals surface area contributed by atoms with E-state index in [4.69, 9.17) is 0 Å². The van der Waals surface area contributed by atoms with Crippen molar-refractivity contribution in [1.82, 2.24) is 0 Å². The highest BCUT2D eigenvalue weighted by Gasteiger charge is 2.52. The lowest BCUT2D eigenvalue weighted by Gasteiger charge is -2.49. The van der Waals surface area contributed by atoms with Gasteiger partial charge in [0.05, 0.1) is 0 Å². The highest BCUT2D eigenvalue weighted by Crippen LogP contribution is 2.63. The number of rotatable bonds is 0. The molecular weight excluding hydrogens is 260 g/mol. The lowest BCUT2D eigenvalue weighted by molar-refractivity contribution is 0.0803. The highest BCUT2D eigenvalue weighted by molar-refractivity contribution is 5.52. The van der Waals surface area contributed by atoms with Gasteiger partial charge in [0.25, 0.3) is 0 Å². The largest absolute Gasteiger partial charge is 0.504 e. The van der Waals surface area contributed by atoms with Crippen molar-refractivity contribution in [2.45, 2.75) is 51.4 Å². The molecule has 0 bridgehead atoms. The summed E-state index contributed by atoms with van der Waals surface area (Å²) in [5.74, 6) is 1.95. The summed E-state index contributed by atoms with van der Waals surface area (Å²) in [6.45, 7) is 6.74. The van der Waals surface area contributed by atoms with Gasteiger partial charge in [0, 0.05) is 5.56 Å². The molecule has 4 rings (SSSR count). The van der Waals surface area contributed by atoms with Crippen LogP contribution in [0, 0.1) is 17.3 Å². The Morgan fingerprint density at radius 3 is 2.76 bits per heavy atom. The summed E-state index contributed by atoms with van der Waals surface area (Å²) in [6.07, 6.45) is 6.96.